The summed E-state index contributed by atoms with van der Waals surface area (Å²) in [6.07, 6.45) is 5.26. The minimum absolute atomic E-state index is 0.127. The minimum Gasteiger partial charge on any atom is -0.392 e. The maximum absolute atomic E-state index is 8.81. The van der Waals surface area contributed by atoms with Crippen molar-refractivity contribution in [3.05, 3.63) is 23.3 Å². The van der Waals surface area contributed by atoms with Crippen molar-refractivity contribution in [3.8, 4) is 0 Å². The lowest BCUT2D eigenvalue weighted by Crippen LogP contribution is -2.20. The number of allylic oxidation sites excluding steroid dienone is 1. The number of aliphatic hydroxyl groups is 1. The third kappa shape index (κ3) is 2.19. The predicted octanol–water partition coefficient (Wildman–Crippen LogP) is 1.66. The van der Waals surface area contributed by atoms with E-state index in [1.807, 2.05) is 6.92 Å². The van der Waals surface area contributed by atoms with Crippen molar-refractivity contribution >= 4 is 0 Å². The van der Waals surface area contributed by atoms with Gasteiger partial charge in [0.2, 0.25) is 0 Å². The molecule has 1 heterocycles. The summed E-state index contributed by atoms with van der Waals surface area (Å²) in [4.78, 5) is 0. The van der Waals surface area contributed by atoms with E-state index in [9.17, 15) is 0 Å². The topological polar surface area (TPSA) is 29.5 Å². The summed E-state index contributed by atoms with van der Waals surface area (Å²) in [6.45, 7) is 4.79. The molecule has 12 heavy (non-hydrogen) atoms. The van der Waals surface area contributed by atoms with Crippen LogP contribution in [0.5, 0.6) is 0 Å². The van der Waals surface area contributed by atoms with Gasteiger partial charge in [-0.1, -0.05) is 12.2 Å². The van der Waals surface area contributed by atoms with E-state index in [0.29, 0.717) is 6.61 Å². The summed E-state index contributed by atoms with van der Waals surface area (Å²) in [7, 11) is 0. The van der Waals surface area contributed by atoms with E-state index < -0.39 is 0 Å². The molecule has 1 rings (SSSR count). The SMILES string of the molecule is C/C=C(\C)C1CC=C(CO)CO1. The second kappa shape index (κ2) is 4.43. The molecule has 2 heteroatoms. The molecule has 1 N–H and O–H groups in total. The molecule has 1 aliphatic rings. The summed E-state index contributed by atoms with van der Waals surface area (Å²) in [5.41, 5.74) is 2.26. The van der Waals surface area contributed by atoms with Crippen LogP contribution >= 0.6 is 0 Å². The van der Waals surface area contributed by atoms with Crippen LogP contribution in [0.3, 0.4) is 0 Å². The summed E-state index contributed by atoms with van der Waals surface area (Å²) >= 11 is 0. The van der Waals surface area contributed by atoms with Crippen LogP contribution in [-0.2, 0) is 4.74 Å². The number of ether oxygens (including phenoxy) is 1. The molecule has 1 atom stereocenters. The van der Waals surface area contributed by atoms with Gasteiger partial charge in [0.05, 0.1) is 19.3 Å². The van der Waals surface area contributed by atoms with Gasteiger partial charge in [-0.2, -0.15) is 0 Å². The highest BCUT2D eigenvalue weighted by Crippen LogP contribution is 2.17. The monoisotopic (exact) mass is 168 g/mol. The minimum atomic E-state index is 0.127. The Morgan fingerprint density at radius 1 is 1.83 bits per heavy atom. The predicted molar refractivity (Wildman–Crippen MR) is 49.0 cm³/mol. The average Bonchev–Trinajstić information content (AvgIpc) is 2.17. The van der Waals surface area contributed by atoms with Gasteiger partial charge in [-0.25, -0.2) is 0 Å². The van der Waals surface area contributed by atoms with Crippen LogP contribution in [0.2, 0.25) is 0 Å². The Labute approximate surface area is 73.5 Å². The van der Waals surface area contributed by atoms with E-state index >= 15 is 0 Å². The van der Waals surface area contributed by atoms with Gasteiger partial charge in [0.15, 0.2) is 0 Å². The first-order valence-electron chi connectivity index (χ1n) is 4.31. The van der Waals surface area contributed by atoms with Crippen molar-refractivity contribution in [2.24, 2.45) is 0 Å². The highest BCUT2D eigenvalue weighted by Gasteiger charge is 2.14. The van der Waals surface area contributed by atoms with Crippen molar-refractivity contribution in [1.29, 1.82) is 0 Å². The third-order valence-corrected chi connectivity index (χ3v) is 2.26. The molecule has 0 saturated carbocycles. The molecule has 68 valence electrons. The Hall–Kier alpha value is -0.600. The molecule has 0 saturated heterocycles. The maximum Gasteiger partial charge on any atom is 0.0821 e. The van der Waals surface area contributed by atoms with Crippen molar-refractivity contribution in [2.75, 3.05) is 13.2 Å². The summed E-state index contributed by atoms with van der Waals surface area (Å²) in [5.74, 6) is 0. The molecule has 0 amide bonds. The quantitative estimate of drug-likeness (QED) is 0.635. The van der Waals surface area contributed by atoms with E-state index in [0.717, 1.165) is 12.0 Å². The van der Waals surface area contributed by atoms with Gasteiger partial charge in [-0.3, -0.25) is 0 Å². The highest BCUT2D eigenvalue weighted by atomic mass is 16.5. The Kier molecular flexibility index (Phi) is 3.50. The molecule has 1 aliphatic heterocycles. The van der Waals surface area contributed by atoms with Crippen LogP contribution in [0.4, 0.5) is 0 Å². The molecule has 0 bridgehead atoms. The van der Waals surface area contributed by atoms with Crippen molar-refractivity contribution in [3.63, 3.8) is 0 Å². The summed E-state index contributed by atoms with van der Waals surface area (Å²) in [5, 5.41) is 8.81. The van der Waals surface area contributed by atoms with E-state index in [1.165, 1.54) is 5.57 Å². The highest BCUT2D eigenvalue weighted by molar-refractivity contribution is 5.13. The fraction of sp³-hybridized carbons (Fsp3) is 0.600. The Balaban J connectivity index is 2.51. The van der Waals surface area contributed by atoms with Gasteiger partial charge in [-0.05, 0) is 31.4 Å². The standard InChI is InChI=1S/C10H16O2/c1-3-8(2)10-5-4-9(6-11)7-12-10/h3-4,10-11H,5-7H2,1-2H3/b8-3+. The van der Waals surface area contributed by atoms with E-state index in [1.54, 1.807) is 0 Å². The smallest absolute Gasteiger partial charge is 0.0821 e. The number of hydrogen-bond acceptors (Lipinski definition) is 2. The third-order valence-electron chi connectivity index (χ3n) is 2.26. The summed E-state index contributed by atoms with van der Waals surface area (Å²) in [6, 6.07) is 0. The van der Waals surface area contributed by atoms with Crippen LogP contribution < -0.4 is 0 Å². The molecule has 0 aromatic rings. The van der Waals surface area contributed by atoms with Crippen LogP contribution in [0.1, 0.15) is 20.3 Å². The molecule has 2 nitrogen and oxygen atoms in total. The lowest BCUT2D eigenvalue weighted by Gasteiger charge is -2.22. The van der Waals surface area contributed by atoms with Crippen molar-refractivity contribution in [2.45, 2.75) is 26.4 Å². The number of rotatable bonds is 2. The first kappa shape index (κ1) is 9.49. The second-order valence-electron chi connectivity index (χ2n) is 3.09. The fourth-order valence-corrected chi connectivity index (χ4v) is 1.22. The Morgan fingerprint density at radius 3 is 3.00 bits per heavy atom. The molecule has 0 aliphatic carbocycles. The molecule has 0 aromatic heterocycles. The van der Waals surface area contributed by atoms with E-state index in [4.69, 9.17) is 9.84 Å². The molecule has 0 aromatic carbocycles. The van der Waals surface area contributed by atoms with Crippen molar-refractivity contribution < 1.29 is 9.84 Å². The van der Waals surface area contributed by atoms with Gasteiger partial charge in [0.25, 0.3) is 0 Å². The van der Waals surface area contributed by atoms with Gasteiger partial charge in [0.1, 0.15) is 0 Å². The van der Waals surface area contributed by atoms with Crippen LogP contribution in [0.15, 0.2) is 23.3 Å². The first-order chi connectivity index (χ1) is 5.77. The molecule has 0 fully saturated rings. The van der Waals surface area contributed by atoms with Crippen molar-refractivity contribution in [1.82, 2.24) is 0 Å². The largest absolute Gasteiger partial charge is 0.392 e. The fourth-order valence-electron chi connectivity index (χ4n) is 1.22. The lowest BCUT2D eigenvalue weighted by atomic mass is 10.0. The molecule has 1 unspecified atom stereocenters. The Morgan fingerprint density at radius 2 is 2.58 bits per heavy atom. The van der Waals surface area contributed by atoms with E-state index in [2.05, 4.69) is 19.1 Å². The zero-order valence-corrected chi connectivity index (χ0v) is 7.71. The average molecular weight is 168 g/mol. The first-order valence-corrected chi connectivity index (χ1v) is 4.31. The maximum atomic E-state index is 8.81. The van der Waals surface area contributed by atoms with Gasteiger partial charge in [0, 0.05) is 0 Å². The summed E-state index contributed by atoms with van der Waals surface area (Å²) < 4.78 is 5.54. The number of hydrogen-bond donors (Lipinski definition) is 1. The molecular formula is C10H16O2. The van der Waals surface area contributed by atoms with Gasteiger partial charge in [-0.15, -0.1) is 0 Å². The molecule has 0 spiro atoms. The normalized spacial score (nSPS) is 25.4. The van der Waals surface area contributed by atoms with Gasteiger partial charge < -0.3 is 9.84 Å². The Bertz CT molecular complexity index is 204. The van der Waals surface area contributed by atoms with E-state index in [-0.39, 0.29) is 12.7 Å². The number of aliphatic hydroxyl groups excluding tert-OH is 1. The second-order valence-corrected chi connectivity index (χ2v) is 3.09. The van der Waals surface area contributed by atoms with Crippen LogP contribution in [0.25, 0.3) is 0 Å². The molecular weight excluding hydrogens is 152 g/mol. The van der Waals surface area contributed by atoms with Gasteiger partial charge >= 0.3 is 0 Å². The molecule has 0 radical (unpaired) electrons. The zero-order chi connectivity index (χ0) is 8.97. The van der Waals surface area contributed by atoms with Crippen LogP contribution in [-0.4, -0.2) is 24.4 Å². The lowest BCUT2D eigenvalue weighted by molar-refractivity contribution is 0.0806. The van der Waals surface area contributed by atoms with Crippen LogP contribution in [0, 0.1) is 0 Å². The zero-order valence-electron chi connectivity index (χ0n) is 7.71.